The van der Waals surface area contributed by atoms with Gasteiger partial charge in [-0.2, -0.15) is 0 Å². The standard InChI is InChI=1S/C17H18N2O3/c1-2-21-14-5-6-16-12(9-14)8-13(17(20)19-16)10-18-11-15-4-3-7-22-15/h3-9,13,18H,2,10-11H2,1H3. The van der Waals surface area contributed by atoms with Crippen LogP contribution in [0.2, 0.25) is 0 Å². The summed E-state index contributed by atoms with van der Waals surface area (Å²) in [4.78, 5) is 16.2. The molecule has 0 saturated carbocycles. The molecule has 0 bridgehead atoms. The van der Waals surface area contributed by atoms with Crippen LogP contribution in [0.5, 0.6) is 5.75 Å². The van der Waals surface area contributed by atoms with Crippen molar-refractivity contribution < 1.29 is 13.9 Å². The van der Waals surface area contributed by atoms with Gasteiger partial charge in [0.2, 0.25) is 0 Å². The molecule has 0 fully saturated rings. The minimum Gasteiger partial charge on any atom is -0.494 e. The number of fused-ring (bicyclic) bond motifs is 1. The maximum absolute atomic E-state index is 12.1. The van der Waals surface area contributed by atoms with Crippen LogP contribution in [0.1, 0.15) is 12.7 Å². The normalized spacial score (nSPS) is 16.6. The van der Waals surface area contributed by atoms with Crippen molar-refractivity contribution in [3.63, 3.8) is 0 Å². The zero-order valence-corrected chi connectivity index (χ0v) is 12.4. The highest BCUT2D eigenvalue weighted by Gasteiger charge is 2.18. The van der Waals surface area contributed by atoms with E-state index in [9.17, 15) is 4.79 Å². The third kappa shape index (κ3) is 3.26. The van der Waals surface area contributed by atoms with Crippen molar-refractivity contribution in [2.45, 2.75) is 13.5 Å². The molecule has 5 nitrogen and oxygen atoms in total. The van der Waals surface area contributed by atoms with Gasteiger partial charge in [0.05, 0.1) is 30.7 Å². The Hall–Kier alpha value is -2.40. The number of benzene rings is 1. The average Bonchev–Trinajstić information content (AvgIpc) is 3.02. The molecule has 1 aromatic carbocycles. The quantitative estimate of drug-likeness (QED) is 0.865. The summed E-state index contributed by atoms with van der Waals surface area (Å²) < 4.78 is 10.7. The fourth-order valence-electron chi connectivity index (χ4n) is 2.42. The molecule has 22 heavy (non-hydrogen) atoms. The van der Waals surface area contributed by atoms with Crippen LogP contribution in [0.25, 0.3) is 6.08 Å². The first-order valence-electron chi connectivity index (χ1n) is 7.36. The van der Waals surface area contributed by atoms with Crippen LogP contribution in [-0.4, -0.2) is 19.1 Å². The maximum Gasteiger partial charge on any atom is 0.254 e. The molecular formula is C17H18N2O3. The number of nitrogens with one attached hydrogen (secondary N) is 1. The molecule has 1 unspecified atom stereocenters. The molecule has 1 amide bonds. The number of furan rings is 1. The Bertz CT molecular complexity index is 766. The van der Waals surface area contributed by atoms with Crippen molar-refractivity contribution in [2.75, 3.05) is 13.2 Å². The number of nitrogens with zero attached hydrogens (tertiary/aromatic N) is 1. The molecule has 2 heterocycles. The molecule has 0 spiro atoms. The van der Waals surface area contributed by atoms with Crippen LogP contribution in [0.4, 0.5) is 0 Å². The van der Waals surface area contributed by atoms with Crippen LogP contribution in [0.3, 0.4) is 0 Å². The van der Waals surface area contributed by atoms with Crippen molar-refractivity contribution in [3.05, 3.63) is 52.9 Å². The fourth-order valence-corrected chi connectivity index (χ4v) is 2.42. The Kier molecular flexibility index (Phi) is 4.34. The van der Waals surface area contributed by atoms with E-state index in [0.717, 1.165) is 16.7 Å². The summed E-state index contributed by atoms with van der Waals surface area (Å²) in [6.07, 6.45) is 3.58. The lowest BCUT2D eigenvalue weighted by atomic mass is 10.0. The van der Waals surface area contributed by atoms with E-state index in [1.54, 1.807) is 6.26 Å². The molecule has 0 saturated heterocycles. The highest BCUT2D eigenvalue weighted by molar-refractivity contribution is 5.86. The number of amides is 1. The number of ether oxygens (including phenoxy) is 1. The minimum atomic E-state index is -0.265. The first-order chi connectivity index (χ1) is 10.8. The van der Waals surface area contributed by atoms with Gasteiger partial charge in [-0.1, -0.05) is 6.08 Å². The SMILES string of the molecule is CCOc1ccc2c(c1)=CC(CNCc1ccco1)C(=O)N=2. The van der Waals surface area contributed by atoms with Gasteiger partial charge in [0, 0.05) is 11.8 Å². The van der Waals surface area contributed by atoms with E-state index < -0.39 is 0 Å². The number of carbonyl (C=O) groups is 1. The van der Waals surface area contributed by atoms with Gasteiger partial charge in [0.1, 0.15) is 11.5 Å². The Balaban J connectivity index is 1.73. The van der Waals surface area contributed by atoms with E-state index >= 15 is 0 Å². The summed E-state index contributed by atoms with van der Waals surface area (Å²) in [7, 11) is 0. The second-order valence-electron chi connectivity index (χ2n) is 5.09. The topological polar surface area (TPSA) is 63.8 Å². The fraction of sp³-hybridized carbons (Fsp3) is 0.294. The molecule has 2 aromatic rings. The lowest BCUT2D eigenvalue weighted by Crippen LogP contribution is -2.37. The van der Waals surface area contributed by atoms with Gasteiger partial charge >= 0.3 is 0 Å². The van der Waals surface area contributed by atoms with Gasteiger partial charge in [-0.15, -0.1) is 0 Å². The molecule has 0 radical (unpaired) electrons. The number of hydrogen-bond acceptors (Lipinski definition) is 4. The molecule has 1 aliphatic heterocycles. The van der Waals surface area contributed by atoms with Gasteiger partial charge < -0.3 is 14.5 Å². The van der Waals surface area contributed by atoms with E-state index in [1.807, 2.05) is 43.3 Å². The van der Waals surface area contributed by atoms with Crippen molar-refractivity contribution in [3.8, 4) is 5.75 Å². The third-order valence-corrected chi connectivity index (χ3v) is 3.48. The highest BCUT2D eigenvalue weighted by atomic mass is 16.5. The molecular weight excluding hydrogens is 280 g/mol. The predicted octanol–water partition coefficient (Wildman–Crippen LogP) is 1.02. The van der Waals surface area contributed by atoms with Gasteiger partial charge in [0.25, 0.3) is 5.91 Å². The van der Waals surface area contributed by atoms with Crippen molar-refractivity contribution in [1.29, 1.82) is 0 Å². The lowest BCUT2D eigenvalue weighted by molar-refractivity contribution is -0.120. The van der Waals surface area contributed by atoms with Crippen molar-refractivity contribution in [1.82, 2.24) is 5.32 Å². The summed E-state index contributed by atoms with van der Waals surface area (Å²) in [5.41, 5.74) is 0. The van der Waals surface area contributed by atoms with Gasteiger partial charge in [-0.05, 0) is 37.3 Å². The Morgan fingerprint density at radius 2 is 2.27 bits per heavy atom. The second-order valence-corrected chi connectivity index (χ2v) is 5.09. The van der Waals surface area contributed by atoms with Crippen molar-refractivity contribution in [2.24, 2.45) is 10.9 Å². The maximum atomic E-state index is 12.1. The molecule has 5 heteroatoms. The van der Waals surface area contributed by atoms with Crippen LogP contribution in [0.15, 0.2) is 46.0 Å². The molecule has 0 aliphatic carbocycles. The third-order valence-electron chi connectivity index (χ3n) is 3.48. The molecule has 1 aromatic heterocycles. The van der Waals surface area contributed by atoms with E-state index in [0.29, 0.717) is 25.1 Å². The predicted molar refractivity (Wildman–Crippen MR) is 81.8 cm³/mol. The van der Waals surface area contributed by atoms with E-state index in [4.69, 9.17) is 9.15 Å². The first kappa shape index (κ1) is 14.5. The van der Waals surface area contributed by atoms with E-state index in [-0.39, 0.29) is 11.8 Å². The van der Waals surface area contributed by atoms with Gasteiger partial charge in [-0.3, -0.25) is 4.79 Å². The Morgan fingerprint density at radius 1 is 1.36 bits per heavy atom. The molecule has 1 N–H and O–H groups in total. The largest absolute Gasteiger partial charge is 0.494 e. The lowest BCUT2D eigenvalue weighted by Gasteiger charge is -2.13. The first-order valence-corrected chi connectivity index (χ1v) is 7.36. The van der Waals surface area contributed by atoms with Crippen molar-refractivity contribution >= 4 is 12.0 Å². The van der Waals surface area contributed by atoms with Gasteiger partial charge in [-0.25, -0.2) is 4.99 Å². The second kappa shape index (κ2) is 6.58. The number of hydrogen-bond donors (Lipinski definition) is 1. The molecule has 3 rings (SSSR count). The average molecular weight is 298 g/mol. The summed E-state index contributed by atoms with van der Waals surface area (Å²) in [5, 5.41) is 4.87. The van der Waals surface area contributed by atoms with Crippen LogP contribution in [-0.2, 0) is 11.3 Å². The summed E-state index contributed by atoms with van der Waals surface area (Å²) >= 11 is 0. The number of carbonyl (C=O) groups excluding carboxylic acids is 1. The zero-order chi connectivity index (χ0) is 15.4. The highest BCUT2D eigenvalue weighted by Crippen LogP contribution is 2.08. The Labute approximate surface area is 128 Å². The Morgan fingerprint density at radius 3 is 3.05 bits per heavy atom. The molecule has 1 aliphatic rings. The van der Waals surface area contributed by atoms with Crippen LogP contribution < -0.4 is 20.6 Å². The number of rotatable bonds is 6. The molecule has 1 atom stereocenters. The van der Waals surface area contributed by atoms with E-state index in [2.05, 4.69) is 10.3 Å². The molecule has 114 valence electrons. The summed E-state index contributed by atoms with van der Waals surface area (Å²) in [6, 6.07) is 9.32. The monoisotopic (exact) mass is 298 g/mol. The minimum absolute atomic E-state index is 0.122. The smallest absolute Gasteiger partial charge is 0.254 e. The summed E-state index contributed by atoms with van der Waals surface area (Å²) in [6.45, 7) is 3.68. The van der Waals surface area contributed by atoms with E-state index in [1.165, 1.54) is 0 Å². The zero-order valence-electron chi connectivity index (χ0n) is 12.4. The van der Waals surface area contributed by atoms with Gasteiger partial charge in [0.15, 0.2) is 0 Å². The summed E-state index contributed by atoms with van der Waals surface area (Å²) in [5.74, 6) is 1.26. The van der Waals surface area contributed by atoms with Crippen LogP contribution in [0, 0.1) is 5.92 Å². The van der Waals surface area contributed by atoms with Crippen LogP contribution >= 0.6 is 0 Å².